The van der Waals surface area contributed by atoms with Gasteiger partial charge in [0.2, 0.25) is 5.91 Å². The molecule has 0 atom stereocenters. The summed E-state index contributed by atoms with van der Waals surface area (Å²) in [5.74, 6) is 0.181. The zero-order chi connectivity index (χ0) is 12.9. The van der Waals surface area contributed by atoms with Gasteiger partial charge in [0.15, 0.2) is 0 Å². The third-order valence-corrected chi connectivity index (χ3v) is 3.41. The van der Waals surface area contributed by atoms with Crippen molar-refractivity contribution in [3.63, 3.8) is 0 Å². The summed E-state index contributed by atoms with van der Waals surface area (Å²) in [4.78, 5) is 11.3. The third kappa shape index (κ3) is 4.55. The Morgan fingerprint density at radius 3 is 2.71 bits per heavy atom. The van der Waals surface area contributed by atoms with Crippen molar-refractivity contribution < 1.29 is 17.6 Å². The second kappa shape index (κ2) is 5.80. The molecule has 96 valence electrons. The summed E-state index contributed by atoms with van der Waals surface area (Å²) >= 11 is 0. The highest BCUT2D eigenvalue weighted by Crippen LogP contribution is 1.98. The molecule has 0 aromatic carbocycles. The van der Waals surface area contributed by atoms with E-state index in [9.17, 15) is 13.2 Å². The van der Waals surface area contributed by atoms with Crippen LogP contribution in [-0.4, -0.2) is 39.3 Å². The molecule has 1 aromatic rings. The molecule has 8 heteroatoms. The predicted octanol–water partition coefficient (Wildman–Crippen LogP) is -0.708. The first-order chi connectivity index (χ1) is 7.92. The fourth-order valence-corrected chi connectivity index (χ4v) is 1.52. The first-order valence-corrected chi connectivity index (χ1v) is 6.32. The molecule has 0 aliphatic heterocycles. The fourth-order valence-electron chi connectivity index (χ4n) is 0.947. The first kappa shape index (κ1) is 13.7. The highest BCUT2D eigenvalue weighted by molar-refractivity contribution is 7.87. The lowest BCUT2D eigenvalue weighted by Gasteiger charge is -2.11. The van der Waals surface area contributed by atoms with Crippen molar-refractivity contribution in [3.8, 4) is 0 Å². The van der Waals surface area contributed by atoms with Gasteiger partial charge in [0.05, 0.1) is 19.4 Å². The zero-order valence-corrected chi connectivity index (χ0v) is 10.5. The number of hydrogen-bond acceptors (Lipinski definition) is 4. The maximum absolute atomic E-state index is 11.3. The average Bonchev–Trinajstić information content (AvgIpc) is 2.76. The van der Waals surface area contributed by atoms with E-state index >= 15 is 0 Å². The number of hydrogen-bond donors (Lipinski definition) is 2. The van der Waals surface area contributed by atoms with Crippen LogP contribution in [0.1, 0.15) is 5.76 Å². The predicted molar refractivity (Wildman–Crippen MR) is 61.2 cm³/mol. The van der Waals surface area contributed by atoms with Gasteiger partial charge in [0.1, 0.15) is 5.76 Å². The summed E-state index contributed by atoms with van der Waals surface area (Å²) in [6.45, 7) is -0.0727. The van der Waals surface area contributed by atoms with Crippen LogP contribution in [0.2, 0.25) is 0 Å². The average molecular weight is 261 g/mol. The van der Waals surface area contributed by atoms with Crippen LogP contribution in [0.4, 0.5) is 0 Å². The van der Waals surface area contributed by atoms with Crippen molar-refractivity contribution in [1.82, 2.24) is 14.3 Å². The minimum atomic E-state index is -3.57. The molecule has 1 heterocycles. The molecule has 7 nitrogen and oxygen atoms in total. The van der Waals surface area contributed by atoms with E-state index in [0.29, 0.717) is 5.76 Å². The van der Waals surface area contributed by atoms with Gasteiger partial charge in [-0.25, -0.2) is 0 Å². The van der Waals surface area contributed by atoms with Crippen LogP contribution in [0.5, 0.6) is 0 Å². The van der Waals surface area contributed by atoms with Crippen LogP contribution in [0, 0.1) is 0 Å². The Labute approximate surface area is 100.0 Å². The Morgan fingerprint density at radius 2 is 2.18 bits per heavy atom. The van der Waals surface area contributed by atoms with E-state index in [2.05, 4.69) is 10.0 Å². The van der Waals surface area contributed by atoms with Crippen molar-refractivity contribution in [2.45, 2.75) is 6.54 Å². The topological polar surface area (TPSA) is 91.7 Å². The SMILES string of the molecule is CN(C)S(=O)(=O)NCC(=O)NCc1ccco1. The van der Waals surface area contributed by atoms with E-state index in [0.717, 1.165) is 4.31 Å². The highest BCUT2D eigenvalue weighted by atomic mass is 32.2. The lowest BCUT2D eigenvalue weighted by atomic mass is 10.4. The Morgan fingerprint density at radius 1 is 1.47 bits per heavy atom. The minimum Gasteiger partial charge on any atom is -0.467 e. The molecule has 1 rings (SSSR count). The molecule has 1 aromatic heterocycles. The summed E-state index contributed by atoms with van der Waals surface area (Å²) in [5.41, 5.74) is 0. The van der Waals surface area contributed by atoms with Gasteiger partial charge in [-0.15, -0.1) is 0 Å². The first-order valence-electron chi connectivity index (χ1n) is 4.88. The van der Waals surface area contributed by atoms with E-state index in [1.165, 1.54) is 20.4 Å². The smallest absolute Gasteiger partial charge is 0.279 e. The second-order valence-corrected chi connectivity index (χ2v) is 5.43. The second-order valence-electron chi connectivity index (χ2n) is 3.46. The van der Waals surface area contributed by atoms with Crippen LogP contribution < -0.4 is 10.0 Å². The van der Waals surface area contributed by atoms with E-state index in [-0.39, 0.29) is 13.1 Å². The number of nitrogens with one attached hydrogen (secondary N) is 2. The number of carbonyl (C=O) groups is 1. The number of nitrogens with zero attached hydrogens (tertiary/aromatic N) is 1. The van der Waals surface area contributed by atoms with Crippen molar-refractivity contribution in [1.29, 1.82) is 0 Å². The van der Waals surface area contributed by atoms with Crippen molar-refractivity contribution in [2.75, 3.05) is 20.6 Å². The summed E-state index contributed by atoms with van der Waals surface area (Å²) < 4.78 is 30.7. The van der Waals surface area contributed by atoms with Gasteiger partial charge in [-0.05, 0) is 12.1 Å². The molecule has 17 heavy (non-hydrogen) atoms. The molecule has 0 spiro atoms. The van der Waals surface area contributed by atoms with Crippen LogP contribution in [0.3, 0.4) is 0 Å². The summed E-state index contributed by atoms with van der Waals surface area (Å²) in [7, 11) is -0.810. The standard InChI is InChI=1S/C9H15N3O4S/c1-12(2)17(14,15)11-7-9(13)10-6-8-4-3-5-16-8/h3-5,11H,6-7H2,1-2H3,(H,10,13). The van der Waals surface area contributed by atoms with Gasteiger partial charge in [-0.3, -0.25) is 4.79 Å². The van der Waals surface area contributed by atoms with Crippen LogP contribution in [-0.2, 0) is 21.5 Å². The quantitative estimate of drug-likeness (QED) is 0.707. The number of rotatable bonds is 6. The molecular weight excluding hydrogens is 246 g/mol. The number of carbonyl (C=O) groups excluding carboxylic acids is 1. The van der Waals surface area contributed by atoms with Crippen LogP contribution in [0.15, 0.2) is 22.8 Å². The van der Waals surface area contributed by atoms with Gasteiger partial charge in [-0.1, -0.05) is 0 Å². The van der Waals surface area contributed by atoms with Gasteiger partial charge < -0.3 is 9.73 Å². The van der Waals surface area contributed by atoms with Crippen LogP contribution in [0.25, 0.3) is 0 Å². The zero-order valence-electron chi connectivity index (χ0n) is 9.63. The van der Waals surface area contributed by atoms with E-state index in [1.807, 2.05) is 0 Å². The molecule has 0 unspecified atom stereocenters. The monoisotopic (exact) mass is 261 g/mol. The van der Waals surface area contributed by atoms with Gasteiger partial charge in [0, 0.05) is 14.1 Å². The molecular formula is C9H15N3O4S. The van der Waals surface area contributed by atoms with Crippen molar-refractivity contribution in [2.24, 2.45) is 0 Å². The molecule has 0 radical (unpaired) electrons. The molecule has 0 fully saturated rings. The molecule has 0 aliphatic carbocycles. The summed E-state index contributed by atoms with van der Waals surface area (Å²) in [6, 6.07) is 3.42. The van der Waals surface area contributed by atoms with Crippen molar-refractivity contribution >= 4 is 16.1 Å². The van der Waals surface area contributed by atoms with Crippen molar-refractivity contribution in [3.05, 3.63) is 24.2 Å². The minimum absolute atomic E-state index is 0.232. The molecule has 0 aliphatic rings. The Bertz CT molecular complexity index is 453. The summed E-state index contributed by atoms with van der Waals surface area (Å²) in [5, 5.41) is 2.52. The van der Waals surface area contributed by atoms with Gasteiger partial charge in [0.25, 0.3) is 10.2 Å². The molecule has 2 N–H and O–H groups in total. The third-order valence-electron chi connectivity index (χ3n) is 1.94. The van der Waals surface area contributed by atoms with Gasteiger partial charge in [-0.2, -0.15) is 17.4 Å². The van der Waals surface area contributed by atoms with E-state index < -0.39 is 16.1 Å². The normalized spacial score (nSPS) is 11.7. The van der Waals surface area contributed by atoms with E-state index in [1.54, 1.807) is 12.1 Å². The van der Waals surface area contributed by atoms with Crippen LogP contribution >= 0.6 is 0 Å². The highest BCUT2D eigenvalue weighted by Gasteiger charge is 2.14. The molecule has 0 saturated heterocycles. The molecule has 0 saturated carbocycles. The maximum Gasteiger partial charge on any atom is 0.279 e. The Hall–Kier alpha value is -1.38. The fraction of sp³-hybridized carbons (Fsp3) is 0.444. The molecule has 0 bridgehead atoms. The van der Waals surface area contributed by atoms with E-state index in [4.69, 9.17) is 4.42 Å². The number of amides is 1. The Kier molecular flexibility index (Phi) is 4.67. The Balaban J connectivity index is 2.31. The van der Waals surface area contributed by atoms with Gasteiger partial charge >= 0.3 is 0 Å². The lowest BCUT2D eigenvalue weighted by Crippen LogP contribution is -2.41. The summed E-state index contributed by atoms with van der Waals surface area (Å²) in [6.07, 6.45) is 1.50. The largest absolute Gasteiger partial charge is 0.467 e. The lowest BCUT2D eigenvalue weighted by molar-refractivity contribution is -0.120. The maximum atomic E-state index is 11.3. The molecule has 1 amide bonds. The number of furan rings is 1.